The maximum Gasteiger partial charge on any atom is 0.133 e. The number of rotatable bonds is 4. The zero-order chi connectivity index (χ0) is 8.15. The fourth-order valence-electron chi connectivity index (χ4n) is 1.00. The van der Waals surface area contributed by atoms with Crippen LogP contribution in [0.4, 0.5) is 0 Å². The molecule has 0 N–H and O–H groups in total. The van der Waals surface area contributed by atoms with Crippen molar-refractivity contribution < 1.29 is 4.79 Å². The van der Waals surface area contributed by atoms with E-state index in [1.165, 1.54) is 0 Å². The number of carbonyl (C=O) groups excluding carboxylic acids is 1. The first-order valence-electron chi connectivity index (χ1n) is 3.68. The Bertz CT molecular complexity index is 134. The molecule has 0 fully saturated rings. The van der Waals surface area contributed by atoms with Gasteiger partial charge in [-0.15, -0.1) is 0 Å². The minimum Gasteiger partial charge on any atom is -0.300 e. The molecular formula is C9H16O. The molecule has 0 heterocycles. The van der Waals surface area contributed by atoms with Crippen molar-refractivity contribution in [2.45, 2.75) is 33.6 Å². The van der Waals surface area contributed by atoms with Gasteiger partial charge in [0.15, 0.2) is 0 Å². The van der Waals surface area contributed by atoms with Gasteiger partial charge >= 0.3 is 0 Å². The Morgan fingerprint density at radius 2 is 2.00 bits per heavy atom. The number of carbonyl (C=O) groups is 1. The van der Waals surface area contributed by atoms with Gasteiger partial charge in [-0.3, -0.25) is 4.79 Å². The van der Waals surface area contributed by atoms with Crippen molar-refractivity contribution in [1.82, 2.24) is 0 Å². The van der Waals surface area contributed by atoms with E-state index in [0.717, 1.165) is 12.0 Å². The van der Waals surface area contributed by atoms with E-state index >= 15 is 0 Å². The van der Waals surface area contributed by atoms with E-state index in [4.69, 9.17) is 0 Å². The topological polar surface area (TPSA) is 17.1 Å². The lowest BCUT2D eigenvalue weighted by atomic mass is 10.0. The van der Waals surface area contributed by atoms with Crippen LogP contribution in [0.25, 0.3) is 0 Å². The summed E-state index contributed by atoms with van der Waals surface area (Å²) >= 11 is 0. The van der Waals surface area contributed by atoms with Gasteiger partial charge in [0.05, 0.1) is 0 Å². The number of Topliss-reactive ketones (excluding diaryl/α,β-unsaturated/α-hetero) is 1. The number of hydrogen-bond donors (Lipinski definition) is 0. The first kappa shape index (κ1) is 9.41. The molecule has 0 atom stereocenters. The van der Waals surface area contributed by atoms with Gasteiger partial charge in [0.2, 0.25) is 0 Å². The Balaban J connectivity index is 3.54. The van der Waals surface area contributed by atoms with E-state index in [0.29, 0.717) is 12.3 Å². The highest BCUT2D eigenvalue weighted by atomic mass is 16.1. The highest BCUT2D eigenvalue weighted by molar-refractivity contribution is 5.77. The van der Waals surface area contributed by atoms with Crippen LogP contribution in [-0.2, 0) is 4.79 Å². The summed E-state index contributed by atoms with van der Waals surface area (Å²) in [6.45, 7) is 9.68. The zero-order valence-corrected chi connectivity index (χ0v) is 7.11. The molecule has 0 aromatic rings. The molecule has 0 spiro atoms. The standard InChI is InChI=1S/C9H16O/c1-7(2)5-8(3)6-9(4)10/h7H,3,5-6H2,1-2,4H3. The first-order valence-corrected chi connectivity index (χ1v) is 3.68. The number of ketones is 1. The van der Waals surface area contributed by atoms with Crippen molar-refractivity contribution in [3.63, 3.8) is 0 Å². The lowest BCUT2D eigenvalue weighted by Crippen LogP contribution is -1.96. The van der Waals surface area contributed by atoms with Crippen molar-refractivity contribution in [3.8, 4) is 0 Å². The van der Waals surface area contributed by atoms with Crippen molar-refractivity contribution >= 4 is 5.78 Å². The van der Waals surface area contributed by atoms with E-state index < -0.39 is 0 Å². The van der Waals surface area contributed by atoms with Gasteiger partial charge in [0.1, 0.15) is 5.78 Å². The van der Waals surface area contributed by atoms with Crippen molar-refractivity contribution in [3.05, 3.63) is 12.2 Å². The average Bonchev–Trinajstić information content (AvgIpc) is 1.58. The summed E-state index contributed by atoms with van der Waals surface area (Å²) < 4.78 is 0. The van der Waals surface area contributed by atoms with Gasteiger partial charge in [0.25, 0.3) is 0 Å². The molecule has 0 amide bonds. The third-order valence-corrected chi connectivity index (χ3v) is 1.20. The summed E-state index contributed by atoms with van der Waals surface area (Å²) in [6.07, 6.45) is 1.53. The minimum atomic E-state index is 0.214. The van der Waals surface area contributed by atoms with Crippen LogP contribution in [0.5, 0.6) is 0 Å². The summed E-state index contributed by atoms with van der Waals surface area (Å²) in [7, 11) is 0. The molecule has 0 aliphatic carbocycles. The van der Waals surface area contributed by atoms with E-state index in [2.05, 4.69) is 20.4 Å². The van der Waals surface area contributed by atoms with Gasteiger partial charge in [0, 0.05) is 6.42 Å². The average molecular weight is 140 g/mol. The van der Waals surface area contributed by atoms with Gasteiger partial charge in [-0.2, -0.15) is 0 Å². The Labute approximate surface area is 63.1 Å². The first-order chi connectivity index (χ1) is 4.52. The van der Waals surface area contributed by atoms with Crippen LogP contribution in [0.15, 0.2) is 12.2 Å². The number of hydrogen-bond acceptors (Lipinski definition) is 1. The van der Waals surface area contributed by atoms with Crippen LogP contribution in [0, 0.1) is 5.92 Å². The van der Waals surface area contributed by atoms with Crippen LogP contribution in [0.2, 0.25) is 0 Å². The second kappa shape index (κ2) is 4.26. The summed E-state index contributed by atoms with van der Waals surface area (Å²) in [5.41, 5.74) is 1.06. The largest absolute Gasteiger partial charge is 0.300 e. The molecule has 10 heavy (non-hydrogen) atoms. The highest BCUT2D eigenvalue weighted by Gasteiger charge is 2.00. The van der Waals surface area contributed by atoms with Crippen LogP contribution in [0.3, 0.4) is 0 Å². The third-order valence-electron chi connectivity index (χ3n) is 1.20. The molecule has 0 radical (unpaired) electrons. The molecule has 58 valence electrons. The summed E-state index contributed by atoms with van der Waals surface area (Å²) in [6, 6.07) is 0. The van der Waals surface area contributed by atoms with Crippen molar-refractivity contribution in [1.29, 1.82) is 0 Å². The molecule has 0 unspecified atom stereocenters. The molecule has 1 heteroatoms. The van der Waals surface area contributed by atoms with Gasteiger partial charge in [-0.25, -0.2) is 0 Å². The molecule has 0 saturated heterocycles. The predicted molar refractivity (Wildman–Crippen MR) is 43.9 cm³/mol. The Morgan fingerprint density at radius 3 is 2.30 bits per heavy atom. The molecule has 0 rings (SSSR count). The van der Waals surface area contributed by atoms with E-state index in [1.54, 1.807) is 6.92 Å². The smallest absolute Gasteiger partial charge is 0.133 e. The molecule has 0 aliphatic rings. The van der Waals surface area contributed by atoms with Crippen LogP contribution >= 0.6 is 0 Å². The maximum absolute atomic E-state index is 10.6. The molecule has 1 nitrogen and oxygen atoms in total. The summed E-state index contributed by atoms with van der Waals surface area (Å²) in [4.78, 5) is 10.6. The van der Waals surface area contributed by atoms with Crippen molar-refractivity contribution in [2.75, 3.05) is 0 Å². The Kier molecular flexibility index (Phi) is 4.01. The van der Waals surface area contributed by atoms with Crippen LogP contribution in [0.1, 0.15) is 33.6 Å². The van der Waals surface area contributed by atoms with E-state index in [-0.39, 0.29) is 5.78 Å². The quantitative estimate of drug-likeness (QED) is 0.548. The lowest BCUT2D eigenvalue weighted by molar-refractivity contribution is -0.116. The van der Waals surface area contributed by atoms with Crippen molar-refractivity contribution in [2.24, 2.45) is 5.92 Å². The Hall–Kier alpha value is -0.590. The second-order valence-corrected chi connectivity index (χ2v) is 3.23. The second-order valence-electron chi connectivity index (χ2n) is 3.23. The maximum atomic E-state index is 10.6. The molecule has 0 aromatic heterocycles. The fourth-order valence-corrected chi connectivity index (χ4v) is 1.00. The predicted octanol–water partition coefficient (Wildman–Crippen LogP) is 2.57. The monoisotopic (exact) mass is 140 g/mol. The van der Waals surface area contributed by atoms with Crippen LogP contribution in [-0.4, -0.2) is 5.78 Å². The van der Waals surface area contributed by atoms with E-state index in [1.807, 2.05) is 0 Å². The molecular weight excluding hydrogens is 124 g/mol. The SMILES string of the molecule is C=C(CC(C)=O)CC(C)C. The van der Waals surface area contributed by atoms with E-state index in [9.17, 15) is 4.79 Å². The molecule has 0 aliphatic heterocycles. The van der Waals surface area contributed by atoms with Gasteiger partial charge in [-0.05, 0) is 19.3 Å². The fraction of sp³-hybridized carbons (Fsp3) is 0.667. The summed E-state index contributed by atoms with van der Waals surface area (Å²) in [5.74, 6) is 0.831. The molecule has 0 bridgehead atoms. The third kappa shape index (κ3) is 5.54. The molecule has 0 saturated carbocycles. The zero-order valence-electron chi connectivity index (χ0n) is 7.11. The van der Waals surface area contributed by atoms with Gasteiger partial charge in [-0.1, -0.05) is 26.0 Å². The van der Waals surface area contributed by atoms with Crippen LogP contribution < -0.4 is 0 Å². The normalized spacial score (nSPS) is 10.0. The Morgan fingerprint density at radius 1 is 1.50 bits per heavy atom. The summed E-state index contributed by atoms with van der Waals surface area (Å²) in [5, 5.41) is 0. The van der Waals surface area contributed by atoms with Gasteiger partial charge < -0.3 is 0 Å². The lowest BCUT2D eigenvalue weighted by Gasteiger charge is -2.05. The molecule has 0 aromatic carbocycles. The highest BCUT2D eigenvalue weighted by Crippen LogP contribution is 2.11. The minimum absolute atomic E-state index is 0.214. The number of allylic oxidation sites excluding steroid dienone is 1.